The topological polar surface area (TPSA) is 58.6 Å². The van der Waals surface area contributed by atoms with Gasteiger partial charge in [-0.3, -0.25) is 4.79 Å². The Bertz CT molecular complexity index is 598. The molecule has 1 aliphatic rings. The van der Waals surface area contributed by atoms with Gasteiger partial charge in [0, 0.05) is 18.6 Å². The van der Waals surface area contributed by atoms with Crippen molar-refractivity contribution in [1.82, 2.24) is 10.2 Å². The van der Waals surface area contributed by atoms with Crippen molar-refractivity contribution in [3.05, 3.63) is 35.4 Å². The number of rotatable bonds is 4. The van der Waals surface area contributed by atoms with E-state index in [9.17, 15) is 9.59 Å². The summed E-state index contributed by atoms with van der Waals surface area (Å²) in [6.45, 7) is 7.25. The minimum absolute atomic E-state index is 0.0159. The van der Waals surface area contributed by atoms with Crippen LogP contribution in [0.3, 0.4) is 0 Å². The largest absolute Gasteiger partial charge is 0.453 e. The second-order valence-corrected chi connectivity index (χ2v) is 7.23. The van der Waals surface area contributed by atoms with E-state index in [1.165, 1.54) is 18.2 Å². The first-order valence-electron chi connectivity index (χ1n) is 8.52. The molecule has 5 heteroatoms. The molecule has 1 aromatic rings. The third-order valence-corrected chi connectivity index (χ3v) is 4.58. The Balaban J connectivity index is 1.97. The lowest BCUT2D eigenvalue weighted by Crippen LogP contribution is -2.51. The number of nitrogens with one attached hydrogen (secondary N) is 1. The highest BCUT2D eigenvalue weighted by atomic mass is 16.5. The molecule has 1 unspecified atom stereocenters. The first kappa shape index (κ1) is 18.3. The van der Waals surface area contributed by atoms with Gasteiger partial charge in [0.05, 0.1) is 13.0 Å². The van der Waals surface area contributed by atoms with Crippen molar-refractivity contribution in [2.75, 3.05) is 20.2 Å². The number of piperidine rings is 1. The number of ether oxygens (including phenoxy) is 1. The van der Waals surface area contributed by atoms with Crippen LogP contribution in [0.4, 0.5) is 4.79 Å². The monoisotopic (exact) mass is 332 g/mol. The van der Waals surface area contributed by atoms with Gasteiger partial charge < -0.3 is 15.0 Å². The lowest BCUT2D eigenvalue weighted by atomic mass is 9.90. The molecule has 1 saturated heterocycles. The maximum atomic E-state index is 12.7. The average molecular weight is 332 g/mol. The molecule has 0 radical (unpaired) electrons. The maximum Gasteiger partial charge on any atom is 0.409 e. The molecule has 2 amide bonds. The Morgan fingerprint density at radius 2 is 2.04 bits per heavy atom. The number of carbonyl (C=O) groups is 2. The lowest BCUT2D eigenvalue weighted by molar-refractivity contribution is -0.128. The van der Waals surface area contributed by atoms with E-state index < -0.39 is 0 Å². The van der Waals surface area contributed by atoms with Crippen LogP contribution in [-0.2, 0) is 16.0 Å². The minimum Gasteiger partial charge on any atom is -0.453 e. The van der Waals surface area contributed by atoms with Gasteiger partial charge in [-0.25, -0.2) is 4.79 Å². The fourth-order valence-corrected chi connectivity index (χ4v) is 3.25. The van der Waals surface area contributed by atoms with E-state index in [0.29, 0.717) is 13.1 Å². The standard InChI is InChI=1S/C19H28N2O3/c1-14-8-5-6-9-15(14)12-19(2,3)20-17(22)16-10-7-11-21(13-16)18(23)24-4/h5-6,8-9,16H,7,10-13H2,1-4H3,(H,20,22). The summed E-state index contributed by atoms with van der Waals surface area (Å²) in [7, 11) is 1.37. The molecule has 1 aromatic carbocycles. The Kier molecular flexibility index (Phi) is 5.86. The Morgan fingerprint density at radius 3 is 2.71 bits per heavy atom. The lowest BCUT2D eigenvalue weighted by Gasteiger charge is -2.34. The zero-order valence-corrected chi connectivity index (χ0v) is 15.1. The van der Waals surface area contributed by atoms with Crippen molar-refractivity contribution < 1.29 is 14.3 Å². The van der Waals surface area contributed by atoms with Crippen LogP contribution >= 0.6 is 0 Å². The Hall–Kier alpha value is -2.04. The minimum atomic E-state index is -0.355. The summed E-state index contributed by atoms with van der Waals surface area (Å²) in [5.41, 5.74) is 2.13. The summed E-state index contributed by atoms with van der Waals surface area (Å²) in [6, 6.07) is 8.23. The Morgan fingerprint density at radius 1 is 1.33 bits per heavy atom. The van der Waals surface area contributed by atoms with Gasteiger partial charge in [0.25, 0.3) is 0 Å². The van der Waals surface area contributed by atoms with Crippen LogP contribution in [-0.4, -0.2) is 42.6 Å². The van der Waals surface area contributed by atoms with Gasteiger partial charge in [0.2, 0.25) is 5.91 Å². The van der Waals surface area contributed by atoms with Crippen LogP contribution in [0.25, 0.3) is 0 Å². The van der Waals surface area contributed by atoms with Crippen molar-refractivity contribution in [2.24, 2.45) is 5.92 Å². The van der Waals surface area contributed by atoms with Gasteiger partial charge in [-0.2, -0.15) is 0 Å². The molecule has 5 nitrogen and oxygen atoms in total. The van der Waals surface area contributed by atoms with Crippen molar-refractivity contribution >= 4 is 12.0 Å². The van der Waals surface area contributed by atoms with Crippen LogP contribution in [0.15, 0.2) is 24.3 Å². The number of methoxy groups -OCH3 is 1. The summed E-state index contributed by atoms with van der Waals surface area (Å²) >= 11 is 0. The van der Waals surface area contributed by atoms with Gasteiger partial charge >= 0.3 is 6.09 Å². The number of hydrogen-bond acceptors (Lipinski definition) is 3. The SMILES string of the molecule is COC(=O)N1CCCC(C(=O)NC(C)(C)Cc2ccccc2C)C1. The van der Waals surface area contributed by atoms with E-state index in [1.807, 2.05) is 26.0 Å². The summed E-state index contributed by atoms with van der Waals surface area (Å²) in [5.74, 6) is -0.156. The number of hydrogen-bond donors (Lipinski definition) is 1. The summed E-state index contributed by atoms with van der Waals surface area (Å²) < 4.78 is 4.77. The van der Waals surface area contributed by atoms with Gasteiger partial charge in [0.15, 0.2) is 0 Å². The van der Waals surface area contributed by atoms with Crippen molar-refractivity contribution in [2.45, 2.75) is 45.6 Å². The maximum absolute atomic E-state index is 12.7. The van der Waals surface area contributed by atoms with Crippen molar-refractivity contribution in [3.8, 4) is 0 Å². The number of aryl methyl sites for hydroxylation is 1. The molecular weight excluding hydrogens is 304 g/mol. The molecule has 1 aliphatic heterocycles. The fraction of sp³-hybridized carbons (Fsp3) is 0.579. The molecule has 0 bridgehead atoms. The average Bonchev–Trinajstić information content (AvgIpc) is 2.55. The van der Waals surface area contributed by atoms with Crippen LogP contribution in [0, 0.1) is 12.8 Å². The van der Waals surface area contributed by atoms with E-state index in [2.05, 4.69) is 24.4 Å². The number of carbonyl (C=O) groups excluding carboxylic acids is 2. The predicted octanol–water partition coefficient (Wildman–Crippen LogP) is 2.91. The molecule has 1 atom stereocenters. The summed E-state index contributed by atoms with van der Waals surface area (Å²) in [4.78, 5) is 25.9. The fourth-order valence-electron chi connectivity index (χ4n) is 3.25. The summed E-state index contributed by atoms with van der Waals surface area (Å²) in [6.07, 6.45) is 2.05. The van der Waals surface area contributed by atoms with E-state index in [1.54, 1.807) is 4.90 Å². The molecule has 0 aliphatic carbocycles. The molecule has 0 aromatic heterocycles. The van der Waals surface area contributed by atoms with Gasteiger partial charge in [-0.05, 0) is 51.2 Å². The molecular formula is C19H28N2O3. The Labute approximate surface area is 144 Å². The highest BCUT2D eigenvalue weighted by Gasteiger charge is 2.31. The highest BCUT2D eigenvalue weighted by molar-refractivity contribution is 5.80. The molecule has 132 valence electrons. The first-order chi connectivity index (χ1) is 11.3. The van der Waals surface area contributed by atoms with E-state index in [4.69, 9.17) is 4.74 Å². The normalized spacial score (nSPS) is 18.2. The molecule has 0 spiro atoms. The van der Waals surface area contributed by atoms with Crippen molar-refractivity contribution in [3.63, 3.8) is 0 Å². The number of nitrogens with zero attached hydrogens (tertiary/aromatic N) is 1. The molecule has 2 rings (SSSR count). The molecule has 0 saturated carbocycles. The second kappa shape index (κ2) is 7.69. The van der Waals surface area contributed by atoms with Gasteiger partial charge in [-0.15, -0.1) is 0 Å². The second-order valence-electron chi connectivity index (χ2n) is 7.23. The highest BCUT2D eigenvalue weighted by Crippen LogP contribution is 2.21. The molecule has 1 heterocycles. The van der Waals surface area contributed by atoms with E-state index in [0.717, 1.165) is 19.3 Å². The van der Waals surface area contributed by atoms with Gasteiger partial charge in [0.1, 0.15) is 0 Å². The third-order valence-electron chi connectivity index (χ3n) is 4.58. The van der Waals surface area contributed by atoms with Crippen LogP contribution < -0.4 is 5.32 Å². The smallest absolute Gasteiger partial charge is 0.409 e. The molecule has 24 heavy (non-hydrogen) atoms. The van der Waals surface area contributed by atoms with E-state index in [-0.39, 0.29) is 23.5 Å². The zero-order valence-electron chi connectivity index (χ0n) is 15.1. The number of benzene rings is 1. The number of amides is 2. The first-order valence-corrected chi connectivity index (χ1v) is 8.52. The van der Waals surface area contributed by atoms with Crippen LogP contribution in [0.5, 0.6) is 0 Å². The zero-order chi connectivity index (χ0) is 17.7. The van der Waals surface area contributed by atoms with E-state index >= 15 is 0 Å². The van der Waals surface area contributed by atoms with Crippen LogP contribution in [0.2, 0.25) is 0 Å². The predicted molar refractivity (Wildman–Crippen MR) is 93.8 cm³/mol. The molecule has 1 fully saturated rings. The summed E-state index contributed by atoms with van der Waals surface area (Å²) in [5, 5.41) is 3.16. The molecule has 1 N–H and O–H groups in total. The number of likely N-dealkylation sites (tertiary alicyclic amines) is 1. The van der Waals surface area contributed by atoms with Crippen LogP contribution in [0.1, 0.15) is 37.8 Å². The van der Waals surface area contributed by atoms with Crippen molar-refractivity contribution in [1.29, 1.82) is 0 Å². The van der Waals surface area contributed by atoms with Gasteiger partial charge in [-0.1, -0.05) is 24.3 Å². The quantitative estimate of drug-likeness (QED) is 0.922. The third kappa shape index (κ3) is 4.73.